The fourth-order valence-corrected chi connectivity index (χ4v) is 5.21. The first-order valence-corrected chi connectivity index (χ1v) is 11.6. The number of carboxylic acids is 1. The van der Waals surface area contributed by atoms with Crippen molar-refractivity contribution in [2.24, 2.45) is 10.9 Å². The molecule has 1 saturated carbocycles. The van der Waals surface area contributed by atoms with Crippen LogP contribution in [0, 0.1) is 5.92 Å². The molecule has 3 aromatic rings. The number of pyridine rings is 1. The number of aliphatic carboxylic acids is 1. The van der Waals surface area contributed by atoms with Gasteiger partial charge in [0.2, 0.25) is 0 Å². The van der Waals surface area contributed by atoms with Crippen LogP contribution in [-0.4, -0.2) is 42.5 Å². The van der Waals surface area contributed by atoms with E-state index in [-0.39, 0.29) is 5.92 Å². The van der Waals surface area contributed by atoms with Crippen molar-refractivity contribution in [2.75, 3.05) is 5.73 Å². The maximum atomic E-state index is 13.9. The minimum atomic E-state index is -1.82. The Bertz CT molecular complexity index is 1280. The molecule has 2 aliphatic rings. The van der Waals surface area contributed by atoms with E-state index in [4.69, 9.17) is 15.8 Å². The van der Waals surface area contributed by atoms with Gasteiger partial charge in [0.1, 0.15) is 5.82 Å². The highest BCUT2D eigenvalue weighted by atomic mass is 79.9. The fraction of sp³-hybridized carbons (Fsp3) is 0.348. The quantitative estimate of drug-likeness (QED) is 0.517. The average Bonchev–Trinajstić information content (AvgIpc) is 3.51. The maximum Gasteiger partial charge on any atom is 0.338 e. The molecule has 33 heavy (non-hydrogen) atoms. The van der Waals surface area contributed by atoms with Crippen molar-refractivity contribution in [1.29, 1.82) is 0 Å². The number of carboxylic acid groups (broad SMARTS) is 1. The summed E-state index contributed by atoms with van der Waals surface area (Å²) in [4.78, 5) is 24.8. The summed E-state index contributed by atoms with van der Waals surface area (Å²) < 4.78 is 16.2. The van der Waals surface area contributed by atoms with Crippen molar-refractivity contribution in [3.63, 3.8) is 0 Å². The SMILES string of the molecule is Nc1c(Br)c([C@H]2CC[C@@H](C(F)C(=O)O)CC2)nc2c(-c3ccc(C4=NC=CC4)nc3)cnn12. The Morgan fingerprint density at radius 1 is 1.24 bits per heavy atom. The summed E-state index contributed by atoms with van der Waals surface area (Å²) in [5, 5.41) is 13.4. The Morgan fingerprint density at radius 3 is 2.67 bits per heavy atom. The molecule has 1 aliphatic carbocycles. The lowest BCUT2D eigenvalue weighted by molar-refractivity contribution is -0.145. The molecule has 1 unspecified atom stereocenters. The van der Waals surface area contributed by atoms with Crippen molar-refractivity contribution < 1.29 is 14.3 Å². The van der Waals surface area contributed by atoms with Crippen LogP contribution in [0.4, 0.5) is 10.2 Å². The predicted octanol–water partition coefficient (Wildman–Crippen LogP) is 4.54. The number of carbonyl (C=O) groups is 1. The number of halogens is 2. The molecule has 0 amide bonds. The predicted molar refractivity (Wildman–Crippen MR) is 126 cm³/mol. The third-order valence-electron chi connectivity index (χ3n) is 6.47. The highest BCUT2D eigenvalue weighted by Gasteiger charge is 2.34. The molecule has 170 valence electrons. The van der Waals surface area contributed by atoms with E-state index < -0.39 is 18.1 Å². The highest BCUT2D eigenvalue weighted by molar-refractivity contribution is 9.10. The maximum absolute atomic E-state index is 13.9. The van der Waals surface area contributed by atoms with Crippen LogP contribution in [0.5, 0.6) is 0 Å². The molecule has 3 aromatic heterocycles. The van der Waals surface area contributed by atoms with Gasteiger partial charge in [0.05, 0.1) is 27.8 Å². The number of fused-ring (bicyclic) bond motifs is 1. The van der Waals surface area contributed by atoms with Gasteiger partial charge < -0.3 is 10.8 Å². The van der Waals surface area contributed by atoms with E-state index in [2.05, 4.69) is 31.0 Å². The zero-order chi connectivity index (χ0) is 23.1. The molecule has 10 heteroatoms. The van der Waals surface area contributed by atoms with Gasteiger partial charge in [-0.05, 0) is 47.7 Å². The number of anilines is 1. The molecule has 5 rings (SSSR count). The first-order chi connectivity index (χ1) is 15.9. The van der Waals surface area contributed by atoms with Crippen molar-refractivity contribution in [3.05, 3.63) is 52.7 Å². The van der Waals surface area contributed by atoms with Crippen molar-refractivity contribution in [1.82, 2.24) is 19.6 Å². The summed E-state index contributed by atoms with van der Waals surface area (Å²) in [6.45, 7) is 0. The molecule has 3 N–H and O–H groups in total. The van der Waals surface area contributed by atoms with Crippen molar-refractivity contribution >= 4 is 39.1 Å². The summed E-state index contributed by atoms with van der Waals surface area (Å²) in [5.74, 6) is -1.36. The number of nitrogens with zero attached hydrogens (tertiary/aromatic N) is 5. The lowest BCUT2D eigenvalue weighted by Gasteiger charge is -2.29. The zero-order valence-electron chi connectivity index (χ0n) is 17.7. The van der Waals surface area contributed by atoms with Crippen LogP contribution in [0.25, 0.3) is 16.8 Å². The third kappa shape index (κ3) is 3.92. The molecular weight excluding hydrogens is 491 g/mol. The van der Waals surface area contributed by atoms with Crippen LogP contribution in [0.3, 0.4) is 0 Å². The van der Waals surface area contributed by atoms with Gasteiger partial charge in [-0.2, -0.15) is 9.61 Å². The smallest absolute Gasteiger partial charge is 0.338 e. The first kappa shape index (κ1) is 21.7. The Hall–Kier alpha value is -3.14. The molecular formula is C23H22BrFN6O2. The van der Waals surface area contributed by atoms with Crippen LogP contribution < -0.4 is 5.73 Å². The Morgan fingerprint density at radius 2 is 2.03 bits per heavy atom. The largest absolute Gasteiger partial charge is 0.479 e. The molecule has 0 aromatic carbocycles. The van der Waals surface area contributed by atoms with Crippen molar-refractivity contribution in [3.8, 4) is 11.1 Å². The number of alkyl halides is 1. The van der Waals surface area contributed by atoms with Crippen LogP contribution in [0.2, 0.25) is 0 Å². The molecule has 4 heterocycles. The molecule has 0 bridgehead atoms. The lowest BCUT2D eigenvalue weighted by atomic mass is 9.78. The van der Waals surface area contributed by atoms with Gasteiger partial charge >= 0.3 is 5.97 Å². The number of aliphatic imine (C=N–C) groups is 1. The number of nitrogen functional groups attached to an aromatic ring is 1. The van der Waals surface area contributed by atoms with Crippen LogP contribution in [0.15, 0.2) is 46.3 Å². The molecule has 0 radical (unpaired) electrons. The third-order valence-corrected chi connectivity index (χ3v) is 7.29. The molecule has 0 saturated heterocycles. The van der Waals surface area contributed by atoms with E-state index in [1.807, 2.05) is 18.2 Å². The summed E-state index contributed by atoms with van der Waals surface area (Å²) in [5.41, 5.74) is 11.2. The minimum absolute atomic E-state index is 0.0556. The van der Waals surface area contributed by atoms with Crippen LogP contribution in [-0.2, 0) is 4.79 Å². The minimum Gasteiger partial charge on any atom is -0.479 e. The molecule has 8 nitrogen and oxygen atoms in total. The van der Waals surface area contributed by atoms with Gasteiger partial charge in [-0.1, -0.05) is 12.1 Å². The molecule has 0 spiro atoms. The van der Waals surface area contributed by atoms with E-state index >= 15 is 0 Å². The van der Waals surface area contributed by atoms with Gasteiger partial charge in [0.25, 0.3) is 0 Å². The Balaban J connectivity index is 1.45. The van der Waals surface area contributed by atoms with E-state index in [0.717, 1.165) is 34.6 Å². The molecule has 1 fully saturated rings. The van der Waals surface area contributed by atoms with Gasteiger partial charge in [-0.25, -0.2) is 14.2 Å². The number of nitrogens with two attached hydrogens (primary N) is 1. The number of hydrogen-bond donors (Lipinski definition) is 2. The van der Waals surface area contributed by atoms with E-state index in [9.17, 15) is 9.18 Å². The van der Waals surface area contributed by atoms with Gasteiger partial charge in [-0.15, -0.1) is 0 Å². The van der Waals surface area contributed by atoms with E-state index in [1.54, 1.807) is 23.1 Å². The fourth-order valence-electron chi connectivity index (χ4n) is 4.63. The summed E-state index contributed by atoms with van der Waals surface area (Å²) in [6.07, 6.45) is 8.51. The second-order valence-corrected chi connectivity index (χ2v) is 9.23. The zero-order valence-corrected chi connectivity index (χ0v) is 19.2. The monoisotopic (exact) mass is 512 g/mol. The summed E-state index contributed by atoms with van der Waals surface area (Å²) in [6, 6.07) is 3.91. The van der Waals surface area contributed by atoms with Gasteiger partial charge in [0, 0.05) is 41.8 Å². The van der Waals surface area contributed by atoms with Crippen LogP contribution >= 0.6 is 15.9 Å². The second kappa shape index (κ2) is 8.66. The topological polar surface area (TPSA) is 119 Å². The number of aromatic nitrogens is 4. The summed E-state index contributed by atoms with van der Waals surface area (Å²) in [7, 11) is 0. The molecule has 1 aliphatic heterocycles. The lowest BCUT2D eigenvalue weighted by Crippen LogP contribution is -2.28. The van der Waals surface area contributed by atoms with E-state index in [0.29, 0.717) is 41.6 Å². The molecule has 1 atom stereocenters. The van der Waals surface area contributed by atoms with Gasteiger partial charge in [-0.3, -0.25) is 9.98 Å². The highest BCUT2D eigenvalue weighted by Crippen LogP contribution is 2.41. The van der Waals surface area contributed by atoms with Gasteiger partial charge in [0.15, 0.2) is 11.8 Å². The number of allylic oxidation sites excluding steroid dienone is 1. The van der Waals surface area contributed by atoms with E-state index in [1.165, 1.54) is 0 Å². The number of rotatable bonds is 5. The second-order valence-electron chi connectivity index (χ2n) is 8.44. The first-order valence-electron chi connectivity index (χ1n) is 10.8. The van der Waals surface area contributed by atoms with Crippen molar-refractivity contribution in [2.45, 2.75) is 44.2 Å². The average molecular weight is 513 g/mol. The Kier molecular flexibility index (Phi) is 5.69. The number of hydrogen-bond acceptors (Lipinski definition) is 6. The van der Waals surface area contributed by atoms with Crippen LogP contribution in [0.1, 0.15) is 49.4 Å². The standard InChI is InChI=1S/C23H22BrFN6O2/c24-18-20(13-5-3-12(4-6-13)19(25)23(32)33)30-22-15(11-29-31(22)21(18)26)14-7-8-17(28-10-14)16-2-1-9-27-16/h1,7-13,19H,2-6,26H2,(H,32,33)/t12-,13+,19?. The Labute approximate surface area is 197 Å². The summed E-state index contributed by atoms with van der Waals surface area (Å²) >= 11 is 3.57. The normalized spacial score (nSPS) is 21.3.